The molecule has 21 heavy (non-hydrogen) atoms. The van der Waals surface area contributed by atoms with Gasteiger partial charge in [0.2, 0.25) is 0 Å². The van der Waals surface area contributed by atoms with Crippen molar-refractivity contribution in [1.82, 2.24) is 4.98 Å². The van der Waals surface area contributed by atoms with Crippen LogP contribution in [0.15, 0.2) is 42.7 Å². The highest BCUT2D eigenvalue weighted by Gasteiger charge is 2.21. The van der Waals surface area contributed by atoms with Crippen molar-refractivity contribution in [3.8, 4) is 5.75 Å². The van der Waals surface area contributed by atoms with E-state index < -0.39 is 24.2 Å². The molecule has 108 valence electrons. The van der Waals surface area contributed by atoms with Gasteiger partial charge in [0, 0.05) is 11.9 Å². The molecule has 0 spiro atoms. The van der Waals surface area contributed by atoms with E-state index in [1.807, 2.05) is 0 Å². The van der Waals surface area contributed by atoms with E-state index in [1.54, 1.807) is 0 Å². The lowest BCUT2D eigenvalue weighted by Crippen LogP contribution is -2.35. The number of hydrogen-bond acceptors (Lipinski definition) is 4. The molecule has 2 rings (SSSR count). The van der Waals surface area contributed by atoms with Crippen LogP contribution in [0.2, 0.25) is 0 Å². The Kier molecular flexibility index (Phi) is 4.13. The van der Waals surface area contributed by atoms with Gasteiger partial charge in [0.1, 0.15) is 18.1 Å². The monoisotopic (exact) mass is 290 g/mol. The van der Waals surface area contributed by atoms with E-state index in [1.165, 1.54) is 24.3 Å². The average Bonchev–Trinajstić information content (AvgIpc) is 2.45. The first-order valence-corrected chi connectivity index (χ1v) is 5.90. The van der Waals surface area contributed by atoms with Gasteiger partial charge in [0.25, 0.3) is 5.91 Å². The molecule has 0 aliphatic carbocycles. The number of carboxylic acid groups (broad SMARTS) is 1. The van der Waals surface area contributed by atoms with Crippen molar-refractivity contribution in [3.63, 3.8) is 0 Å². The summed E-state index contributed by atoms with van der Waals surface area (Å²) in [4.78, 5) is 27.8. The summed E-state index contributed by atoms with van der Waals surface area (Å²) in [5.41, 5.74) is 0.203. The predicted molar refractivity (Wildman–Crippen MR) is 71.6 cm³/mol. The summed E-state index contributed by atoms with van der Waals surface area (Å²) >= 11 is 0. The number of carboxylic acids is 1. The van der Waals surface area contributed by atoms with Crippen LogP contribution >= 0.6 is 0 Å². The Morgan fingerprint density at radius 2 is 1.86 bits per heavy atom. The number of halogens is 1. The third-order valence-electron chi connectivity index (χ3n) is 2.65. The van der Waals surface area contributed by atoms with E-state index in [9.17, 15) is 19.1 Å². The first kappa shape index (κ1) is 14.4. The standard InChI is InChI=1S/C14H11FN2O4/c15-10-5-9(6-16-7-10)14(21)17(8-13(19)20)11-1-3-12(18)4-2-11/h1-7,18H,8H2,(H,19,20). The molecule has 0 radical (unpaired) electrons. The molecule has 0 bridgehead atoms. The van der Waals surface area contributed by atoms with Crippen LogP contribution < -0.4 is 4.90 Å². The predicted octanol–water partition coefficient (Wildman–Crippen LogP) is 1.66. The number of hydrogen-bond donors (Lipinski definition) is 2. The van der Waals surface area contributed by atoms with Crippen LogP contribution in [0.5, 0.6) is 5.75 Å². The summed E-state index contributed by atoms with van der Waals surface area (Å²) < 4.78 is 13.1. The molecular weight excluding hydrogens is 279 g/mol. The lowest BCUT2D eigenvalue weighted by atomic mass is 10.2. The third-order valence-corrected chi connectivity index (χ3v) is 2.65. The minimum absolute atomic E-state index is 0.0195. The van der Waals surface area contributed by atoms with Crippen molar-refractivity contribution >= 4 is 17.6 Å². The van der Waals surface area contributed by atoms with Crippen LogP contribution in [0.1, 0.15) is 10.4 Å². The van der Waals surface area contributed by atoms with Crippen LogP contribution in [0.3, 0.4) is 0 Å². The molecular formula is C14H11FN2O4. The number of pyridine rings is 1. The quantitative estimate of drug-likeness (QED) is 0.893. The molecule has 2 aromatic rings. The second kappa shape index (κ2) is 6.00. The van der Waals surface area contributed by atoms with Crippen LogP contribution in [-0.2, 0) is 4.79 Å². The third kappa shape index (κ3) is 3.53. The molecule has 0 unspecified atom stereocenters. The van der Waals surface area contributed by atoms with Crippen LogP contribution in [0.4, 0.5) is 10.1 Å². The van der Waals surface area contributed by atoms with Crippen LogP contribution in [0, 0.1) is 5.82 Å². The van der Waals surface area contributed by atoms with Crippen molar-refractivity contribution in [1.29, 1.82) is 0 Å². The summed E-state index contributed by atoms with van der Waals surface area (Å²) in [5, 5.41) is 18.2. The van der Waals surface area contributed by atoms with E-state index >= 15 is 0 Å². The highest BCUT2D eigenvalue weighted by Crippen LogP contribution is 2.20. The number of rotatable bonds is 4. The zero-order chi connectivity index (χ0) is 15.4. The molecule has 6 nitrogen and oxygen atoms in total. The maximum atomic E-state index is 13.1. The fourth-order valence-electron chi connectivity index (χ4n) is 1.73. The summed E-state index contributed by atoms with van der Waals surface area (Å²) in [6.07, 6.45) is 2.10. The molecule has 7 heteroatoms. The lowest BCUT2D eigenvalue weighted by Gasteiger charge is -2.20. The largest absolute Gasteiger partial charge is 0.508 e. The second-order valence-electron chi connectivity index (χ2n) is 4.19. The van der Waals surface area contributed by atoms with Gasteiger partial charge in [-0.1, -0.05) is 0 Å². The number of anilines is 1. The van der Waals surface area contributed by atoms with Gasteiger partial charge in [0.05, 0.1) is 11.8 Å². The molecule has 0 fully saturated rings. The Labute approximate surface area is 119 Å². The number of aromatic nitrogens is 1. The Morgan fingerprint density at radius 1 is 1.19 bits per heavy atom. The van der Waals surface area contributed by atoms with Gasteiger partial charge in [-0.2, -0.15) is 0 Å². The fraction of sp³-hybridized carbons (Fsp3) is 0.0714. The van der Waals surface area contributed by atoms with Gasteiger partial charge >= 0.3 is 5.97 Å². The average molecular weight is 290 g/mol. The summed E-state index contributed by atoms with van der Waals surface area (Å²) in [5.74, 6) is -2.63. The van der Waals surface area contributed by atoms with Crippen molar-refractivity contribution in [2.24, 2.45) is 0 Å². The topological polar surface area (TPSA) is 90.7 Å². The summed E-state index contributed by atoms with van der Waals surface area (Å²) in [6.45, 7) is -0.597. The maximum Gasteiger partial charge on any atom is 0.323 e. The van der Waals surface area contributed by atoms with Crippen molar-refractivity contribution in [2.75, 3.05) is 11.4 Å². The molecule has 0 aliphatic heterocycles. The normalized spacial score (nSPS) is 10.1. The number of phenolic OH excluding ortho intramolecular Hbond substituents is 1. The molecule has 0 aliphatic rings. The molecule has 0 atom stereocenters. The summed E-state index contributed by atoms with van der Waals surface area (Å²) in [6, 6.07) is 6.40. The van der Waals surface area contributed by atoms with Gasteiger partial charge in [-0.05, 0) is 30.3 Å². The second-order valence-corrected chi connectivity index (χ2v) is 4.19. The summed E-state index contributed by atoms with van der Waals surface area (Å²) in [7, 11) is 0. The Morgan fingerprint density at radius 3 is 2.43 bits per heavy atom. The van der Waals surface area contributed by atoms with Gasteiger partial charge in [-0.25, -0.2) is 4.39 Å². The molecule has 1 heterocycles. The van der Waals surface area contributed by atoms with Crippen LogP contribution in [-0.4, -0.2) is 33.6 Å². The zero-order valence-corrected chi connectivity index (χ0v) is 10.7. The molecule has 1 amide bonds. The minimum atomic E-state index is -1.22. The van der Waals surface area contributed by atoms with Crippen LogP contribution in [0.25, 0.3) is 0 Å². The number of phenols is 1. The van der Waals surface area contributed by atoms with E-state index in [2.05, 4.69) is 4.98 Å². The molecule has 0 saturated heterocycles. The van der Waals surface area contributed by atoms with Gasteiger partial charge < -0.3 is 10.2 Å². The Bertz CT molecular complexity index is 673. The Hall–Kier alpha value is -2.96. The fourth-order valence-corrected chi connectivity index (χ4v) is 1.73. The highest BCUT2D eigenvalue weighted by atomic mass is 19.1. The zero-order valence-electron chi connectivity index (χ0n) is 10.7. The first-order chi connectivity index (χ1) is 9.97. The highest BCUT2D eigenvalue weighted by molar-refractivity contribution is 6.08. The number of carbonyl (C=O) groups excluding carboxylic acids is 1. The Balaban J connectivity index is 2.38. The molecule has 1 aromatic carbocycles. The van der Waals surface area contributed by atoms with E-state index in [4.69, 9.17) is 5.11 Å². The first-order valence-electron chi connectivity index (χ1n) is 5.90. The maximum absolute atomic E-state index is 13.1. The van der Waals surface area contributed by atoms with Crippen molar-refractivity contribution in [3.05, 3.63) is 54.1 Å². The van der Waals surface area contributed by atoms with Crippen molar-refractivity contribution < 1.29 is 24.2 Å². The number of aromatic hydroxyl groups is 1. The minimum Gasteiger partial charge on any atom is -0.508 e. The molecule has 2 N–H and O–H groups in total. The van der Waals surface area contributed by atoms with E-state index in [-0.39, 0.29) is 17.0 Å². The SMILES string of the molecule is O=C(O)CN(C(=O)c1cncc(F)c1)c1ccc(O)cc1. The smallest absolute Gasteiger partial charge is 0.323 e. The number of benzene rings is 1. The number of carbonyl (C=O) groups is 2. The number of nitrogens with zero attached hydrogens (tertiary/aromatic N) is 2. The van der Waals surface area contributed by atoms with Gasteiger partial charge in [-0.15, -0.1) is 0 Å². The van der Waals surface area contributed by atoms with E-state index in [0.717, 1.165) is 23.4 Å². The van der Waals surface area contributed by atoms with Crippen molar-refractivity contribution in [2.45, 2.75) is 0 Å². The molecule has 1 aromatic heterocycles. The van der Waals surface area contributed by atoms with E-state index in [0.29, 0.717) is 0 Å². The lowest BCUT2D eigenvalue weighted by molar-refractivity contribution is -0.135. The van der Waals surface area contributed by atoms with Gasteiger partial charge in [0.15, 0.2) is 0 Å². The van der Waals surface area contributed by atoms with Gasteiger partial charge in [-0.3, -0.25) is 19.5 Å². The number of amides is 1. The molecule has 0 saturated carbocycles. The number of aliphatic carboxylic acids is 1.